The van der Waals surface area contributed by atoms with Gasteiger partial charge >= 0.3 is 0 Å². The van der Waals surface area contributed by atoms with Crippen molar-refractivity contribution in [3.05, 3.63) is 42.4 Å². The summed E-state index contributed by atoms with van der Waals surface area (Å²) in [5.74, 6) is 1.30. The van der Waals surface area contributed by atoms with E-state index in [0.717, 1.165) is 37.3 Å². The molecule has 6 heteroatoms. The van der Waals surface area contributed by atoms with Crippen LogP contribution in [-0.2, 0) is 0 Å². The molecule has 132 valence electrons. The average Bonchev–Trinajstić information content (AvgIpc) is 2.62. The molecule has 1 aliphatic heterocycles. The van der Waals surface area contributed by atoms with E-state index in [9.17, 15) is 4.79 Å². The number of piperidine rings is 1. The maximum atomic E-state index is 12.6. The summed E-state index contributed by atoms with van der Waals surface area (Å²) < 4.78 is 0. The zero-order valence-corrected chi connectivity index (χ0v) is 15.1. The lowest BCUT2D eigenvalue weighted by molar-refractivity contribution is 0.0691. The second kappa shape index (κ2) is 7.51. The summed E-state index contributed by atoms with van der Waals surface area (Å²) >= 11 is 0. The second-order valence-electron chi connectivity index (χ2n) is 6.83. The van der Waals surface area contributed by atoms with Crippen LogP contribution in [0, 0.1) is 5.92 Å². The van der Waals surface area contributed by atoms with Gasteiger partial charge in [-0.2, -0.15) is 0 Å². The molecule has 1 amide bonds. The lowest BCUT2D eigenvalue weighted by Gasteiger charge is -2.30. The number of amides is 1. The van der Waals surface area contributed by atoms with Crippen LogP contribution in [0.25, 0.3) is 0 Å². The Kier molecular flexibility index (Phi) is 5.16. The molecule has 0 unspecified atom stereocenters. The Hall–Kier alpha value is -2.63. The van der Waals surface area contributed by atoms with Crippen LogP contribution in [0.1, 0.15) is 30.3 Å². The summed E-state index contributed by atoms with van der Waals surface area (Å²) in [5.41, 5.74) is 2.50. The van der Waals surface area contributed by atoms with E-state index in [4.69, 9.17) is 0 Å². The van der Waals surface area contributed by atoms with E-state index in [2.05, 4.69) is 22.2 Å². The van der Waals surface area contributed by atoms with Crippen molar-refractivity contribution in [3.8, 4) is 0 Å². The van der Waals surface area contributed by atoms with Gasteiger partial charge in [0.1, 0.15) is 17.8 Å². The predicted octanol–water partition coefficient (Wildman–Crippen LogP) is 3.16. The fraction of sp³-hybridized carbons (Fsp3) is 0.421. The third kappa shape index (κ3) is 4.26. The third-order valence-corrected chi connectivity index (χ3v) is 4.61. The van der Waals surface area contributed by atoms with E-state index < -0.39 is 0 Å². The first-order chi connectivity index (χ1) is 12.0. The number of hydrogen-bond acceptors (Lipinski definition) is 5. The number of nitrogens with zero attached hydrogens (tertiary/aromatic N) is 4. The first-order valence-electron chi connectivity index (χ1n) is 8.68. The zero-order chi connectivity index (χ0) is 17.8. The molecule has 1 aromatic carbocycles. The Balaban J connectivity index is 1.69. The van der Waals surface area contributed by atoms with Gasteiger partial charge < -0.3 is 15.1 Å². The quantitative estimate of drug-likeness (QED) is 0.927. The second-order valence-corrected chi connectivity index (χ2v) is 6.83. The standard InChI is InChI=1S/C19H25N5O/c1-14-8-10-24(11-9-14)19(25)17-12-18(21-13-20-17)22-15-4-6-16(7-5-15)23(2)3/h4-7,12-14H,8-11H2,1-3H3,(H,20,21,22). The van der Waals surface area contributed by atoms with Gasteiger partial charge in [0.05, 0.1) is 0 Å². The Morgan fingerprint density at radius 3 is 2.48 bits per heavy atom. The van der Waals surface area contributed by atoms with E-state index in [1.165, 1.54) is 6.33 Å². The number of likely N-dealkylation sites (tertiary alicyclic amines) is 1. The molecular weight excluding hydrogens is 314 g/mol. The van der Waals surface area contributed by atoms with E-state index >= 15 is 0 Å². The molecule has 25 heavy (non-hydrogen) atoms. The number of nitrogens with one attached hydrogen (secondary N) is 1. The van der Waals surface area contributed by atoms with Gasteiger partial charge in [-0.15, -0.1) is 0 Å². The molecule has 1 aromatic heterocycles. The maximum Gasteiger partial charge on any atom is 0.272 e. The SMILES string of the molecule is CC1CCN(C(=O)c2cc(Nc3ccc(N(C)C)cc3)ncn2)CC1. The highest BCUT2D eigenvalue weighted by Crippen LogP contribution is 2.21. The molecule has 6 nitrogen and oxygen atoms in total. The van der Waals surface area contributed by atoms with Crippen LogP contribution in [0.3, 0.4) is 0 Å². The van der Waals surface area contributed by atoms with E-state index in [1.807, 2.05) is 48.2 Å². The molecule has 0 atom stereocenters. The summed E-state index contributed by atoms with van der Waals surface area (Å²) in [6.45, 7) is 3.84. The van der Waals surface area contributed by atoms with Gasteiger partial charge in [0, 0.05) is 44.6 Å². The molecule has 2 heterocycles. The third-order valence-electron chi connectivity index (χ3n) is 4.61. The van der Waals surface area contributed by atoms with Crippen LogP contribution in [0.15, 0.2) is 36.7 Å². The van der Waals surface area contributed by atoms with Crippen LogP contribution < -0.4 is 10.2 Å². The summed E-state index contributed by atoms with van der Waals surface area (Å²) in [7, 11) is 4.01. The number of carbonyl (C=O) groups excluding carboxylic acids is 1. The van der Waals surface area contributed by atoms with Crippen molar-refractivity contribution in [2.24, 2.45) is 5.92 Å². The molecular formula is C19H25N5O. The van der Waals surface area contributed by atoms with Gasteiger partial charge in [-0.25, -0.2) is 9.97 Å². The van der Waals surface area contributed by atoms with Crippen molar-refractivity contribution < 1.29 is 4.79 Å². The summed E-state index contributed by atoms with van der Waals surface area (Å²) in [6, 6.07) is 9.77. The zero-order valence-electron chi connectivity index (χ0n) is 15.1. The number of hydrogen-bond donors (Lipinski definition) is 1. The Morgan fingerprint density at radius 1 is 1.16 bits per heavy atom. The van der Waals surface area contributed by atoms with Crippen molar-refractivity contribution in [3.63, 3.8) is 0 Å². The minimum Gasteiger partial charge on any atom is -0.378 e. The number of carbonyl (C=O) groups is 1. The topological polar surface area (TPSA) is 61.4 Å². The molecule has 1 N–H and O–H groups in total. The van der Waals surface area contributed by atoms with Gasteiger partial charge in [-0.1, -0.05) is 6.92 Å². The Morgan fingerprint density at radius 2 is 1.84 bits per heavy atom. The lowest BCUT2D eigenvalue weighted by atomic mass is 9.99. The van der Waals surface area contributed by atoms with E-state index in [1.54, 1.807) is 6.07 Å². The van der Waals surface area contributed by atoms with Crippen LogP contribution in [-0.4, -0.2) is 48.0 Å². The summed E-state index contributed by atoms with van der Waals surface area (Å²) in [5, 5.41) is 3.23. The van der Waals surface area contributed by atoms with E-state index in [-0.39, 0.29) is 5.91 Å². The number of aromatic nitrogens is 2. The van der Waals surface area contributed by atoms with Gasteiger partial charge in [0.2, 0.25) is 0 Å². The van der Waals surface area contributed by atoms with Crippen LogP contribution in [0.5, 0.6) is 0 Å². The van der Waals surface area contributed by atoms with Crippen molar-refractivity contribution in [1.82, 2.24) is 14.9 Å². The molecule has 0 aliphatic carbocycles. The first-order valence-corrected chi connectivity index (χ1v) is 8.68. The van der Waals surface area contributed by atoms with Crippen LogP contribution in [0.2, 0.25) is 0 Å². The highest BCUT2D eigenvalue weighted by molar-refractivity contribution is 5.93. The minimum atomic E-state index is -0.0136. The van der Waals surface area contributed by atoms with Crippen LogP contribution >= 0.6 is 0 Å². The van der Waals surface area contributed by atoms with Crippen LogP contribution in [0.4, 0.5) is 17.2 Å². The average molecular weight is 339 g/mol. The molecule has 1 saturated heterocycles. The normalized spacial score (nSPS) is 15.1. The Bertz CT molecular complexity index is 721. The largest absolute Gasteiger partial charge is 0.378 e. The van der Waals surface area contributed by atoms with Gasteiger partial charge in [-0.3, -0.25) is 4.79 Å². The molecule has 0 radical (unpaired) electrons. The smallest absolute Gasteiger partial charge is 0.272 e. The number of rotatable bonds is 4. The fourth-order valence-corrected chi connectivity index (χ4v) is 2.91. The molecule has 1 aliphatic rings. The highest BCUT2D eigenvalue weighted by atomic mass is 16.2. The van der Waals surface area contributed by atoms with Gasteiger partial charge in [0.25, 0.3) is 5.91 Å². The molecule has 0 spiro atoms. The summed E-state index contributed by atoms with van der Waals surface area (Å²) in [4.78, 5) is 25.0. The maximum absolute atomic E-state index is 12.6. The molecule has 0 bridgehead atoms. The molecule has 2 aromatic rings. The molecule has 3 rings (SSSR count). The number of benzene rings is 1. The van der Waals surface area contributed by atoms with Gasteiger partial charge in [-0.05, 0) is 43.0 Å². The fourth-order valence-electron chi connectivity index (χ4n) is 2.91. The molecule has 1 fully saturated rings. The lowest BCUT2D eigenvalue weighted by Crippen LogP contribution is -2.38. The van der Waals surface area contributed by atoms with Crippen molar-refractivity contribution in [2.75, 3.05) is 37.4 Å². The highest BCUT2D eigenvalue weighted by Gasteiger charge is 2.22. The Labute approximate surface area is 148 Å². The monoisotopic (exact) mass is 339 g/mol. The summed E-state index contributed by atoms with van der Waals surface area (Å²) in [6.07, 6.45) is 3.55. The van der Waals surface area contributed by atoms with E-state index in [0.29, 0.717) is 17.4 Å². The van der Waals surface area contributed by atoms with Crippen molar-refractivity contribution >= 4 is 23.1 Å². The first kappa shape index (κ1) is 17.2. The predicted molar refractivity (Wildman–Crippen MR) is 100 cm³/mol. The minimum absolute atomic E-state index is 0.0136. The number of anilines is 3. The van der Waals surface area contributed by atoms with Crippen molar-refractivity contribution in [1.29, 1.82) is 0 Å². The van der Waals surface area contributed by atoms with Crippen molar-refractivity contribution in [2.45, 2.75) is 19.8 Å². The molecule has 0 saturated carbocycles. The van der Waals surface area contributed by atoms with Gasteiger partial charge in [0.15, 0.2) is 0 Å².